The van der Waals surface area contributed by atoms with Crippen LogP contribution in [0.2, 0.25) is 0 Å². The summed E-state index contributed by atoms with van der Waals surface area (Å²) in [5, 5.41) is 2.89. The van der Waals surface area contributed by atoms with Crippen LogP contribution in [0.3, 0.4) is 0 Å². The summed E-state index contributed by atoms with van der Waals surface area (Å²) in [5.41, 5.74) is 1.52. The number of hydrogen-bond donors (Lipinski definition) is 1. The molecule has 1 aliphatic heterocycles. The van der Waals surface area contributed by atoms with Gasteiger partial charge in [-0.2, -0.15) is 0 Å². The maximum absolute atomic E-state index is 12.5. The Labute approximate surface area is 161 Å². The molecular weight excluding hydrogens is 429 g/mol. The third kappa shape index (κ3) is 5.02. The third-order valence-electron chi connectivity index (χ3n) is 4.18. The number of piperazine rings is 1. The van der Waals surface area contributed by atoms with Crippen LogP contribution < -0.4 is 5.32 Å². The first kappa shape index (κ1) is 17.9. The lowest BCUT2D eigenvalue weighted by atomic mass is 10.2. The largest absolute Gasteiger partial charge is 0.336 e. The van der Waals surface area contributed by atoms with Gasteiger partial charge in [0.25, 0.3) is 5.91 Å². The highest BCUT2D eigenvalue weighted by Crippen LogP contribution is 2.12. The van der Waals surface area contributed by atoms with Gasteiger partial charge in [-0.15, -0.1) is 0 Å². The number of rotatable bonds is 4. The van der Waals surface area contributed by atoms with Crippen LogP contribution in [0.4, 0.5) is 5.69 Å². The average Bonchev–Trinajstić information content (AvgIpc) is 2.63. The van der Waals surface area contributed by atoms with Crippen molar-refractivity contribution in [3.05, 3.63) is 63.7 Å². The minimum atomic E-state index is -0.0244. The fourth-order valence-corrected chi connectivity index (χ4v) is 3.17. The molecule has 3 rings (SSSR count). The zero-order valence-electron chi connectivity index (χ0n) is 13.8. The standard InChI is InChI=1S/C19H20IN3O2/c20-16-8-6-15(7-9-16)19(25)23-12-10-22(11-13-23)14-18(24)21-17-4-2-1-3-5-17/h1-9H,10-14H2,(H,21,24). The fraction of sp³-hybridized carbons (Fsp3) is 0.263. The lowest BCUT2D eigenvalue weighted by Crippen LogP contribution is -2.50. The first-order chi connectivity index (χ1) is 12.1. The molecule has 1 fully saturated rings. The van der Waals surface area contributed by atoms with E-state index in [-0.39, 0.29) is 11.8 Å². The highest BCUT2D eigenvalue weighted by Gasteiger charge is 2.23. The summed E-state index contributed by atoms with van der Waals surface area (Å²) in [7, 11) is 0. The molecule has 130 valence electrons. The van der Waals surface area contributed by atoms with Crippen molar-refractivity contribution in [1.82, 2.24) is 9.80 Å². The molecule has 2 aromatic rings. The van der Waals surface area contributed by atoms with Crippen LogP contribution in [0.15, 0.2) is 54.6 Å². The Kier molecular flexibility index (Phi) is 6.04. The van der Waals surface area contributed by atoms with Gasteiger partial charge in [-0.1, -0.05) is 18.2 Å². The Balaban J connectivity index is 1.47. The zero-order chi connectivity index (χ0) is 17.6. The SMILES string of the molecule is O=C(CN1CCN(C(=O)c2ccc(I)cc2)CC1)Nc1ccccc1. The van der Waals surface area contributed by atoms with Gasteiger partial charge in [0.15, 0.2) is 0 Å². The second kappa shape index (κ2) is 8.44. The van der Waals surface area contributed by atoms with Crippen LogP contribution in [-0.2, 0) is 4.79 Å². The first-order valence-electron chi connectivity index (χ1n) is 8.24. The number of nitrogens with zero attached hydrogens (tertiary/aromatic N) is 2. The average molecular weight is 449 g/mol. The molecule has 0 aromatic heterocycles. The van der Waals surface area contributed by atoms with E-state index in [1.165, 1.54) is 0 Å². The van der Waals surface area contributed by atoms with Crippen LogP contribution in [0, 0.1) is 3.57 Å². The number of benzene rings is 2. The molecule has 0 radical (unpaired) electrons. The number of hydrogen-bond acceptors (Lipinski definition) is 3. The van der Waals surface area contributed by atoms with E-state index in [0.717, 1.165) is 14.8 Å². The molecule has 1 heterocycles. The molecule has 0 aliphatic carbocycles. The molecule has 0 spiro atoms. The van der Waals surface area contributed by atoms with Gasteiger partial charge in [-0.3, -0.25) is 14.5 Å². The molecule has 0 atom stereocenters. The van der Waals surface area contributed by atoms with E-state index in [0.29, 0.717) is 32.7 Å². The molecule has 5 nitrogen and oxygen atoms in total. The van der Waals surface area contributed by atoms with E-state index in [1.54, 1.807) is 0 Å². The van der Waals surface area contributed by atoms with Crippen molar-refractivity contribution in [1.29, 1.82) is 0 Å². The van der Waals surface area contributed by atoms with Gasteiger partial charge in [0, 0.05) is 41.0 Å². The van der Waals surface area contributed by atoms with Gasteiger partial charge in [0.05, 0.1) is 6.54 Å². The zero-order valence-corrected chi connectivity index (χ0v) is 16.0. The van der Waals surface area contributed by atoms with Crippen LogP contribution in [0.1, 0.15) is 10.4 Å². The molecule has 0 saturated carbocycles. The minimum Gasteiger partial charge on any atom is -0.336 e. The fourth-order valence-electron chi connectivity index (χ4n) is 2.81. The van der Waals surface area contributed by atoms with Crippen LogP contribution >= 0.6 is 22.6 Å². The van der Waals surface area contributed by atoms with E-state index in [4.69, 9.17) is 0 Å². The Morgan fingerprint density at radius 1 is 0.920 bits per heavy atom. The number of nitrogens with one attached hydrogen (secondary N) is 1. The lowest BCUT2D eigenvalue weighted by Gasteiger charge is -2.34. The van der Waals surface area contributed by atoms with Gasteiger partial charge in [-0.05, 0) is 59.0 Å². The van der Waals surface area contributed by atoms with Crippen molar-refractivity contribution in [3.8, 4) is 0 Å². The number of carbonyl (C=O) groups is 2. The number of halogens is 1. The maximum atomic E-state index is 12.5. The van der Waals surface area contributed by atoms with E-state index in [9.17, 15) is 9.59 Å². The van der Waals surface area contributed by atoms with E-state index in [2.05, 4.69) is 32.8 Å². The summed E-state index contributed by atoms with van der Waals surface area (Å²) in [6.07, 6.45) is 0. The van der Waals surface area contributed by atoms with E-state index in [1.807, 2.05) is 59.5 Å². The molecule has 0 unspecified atom stereocenters. The van der Waals surface area contributed by atoms with Gasteiger partial charge < -0.3 is 10.2 Å². The van der Waals surface area contributed by atoms with Crippen molar-refractivity contribution in [2.75, 3.05) is 38.0 Å². The second-order valence-corrected chi connectivity index (χ2v) is 7.24. The third-order valence-corrected chi connectivity index (χ3v) is 4.89. The van der Waals surface area contributed by atoms with Crippen molar-refractivity contribution >= 4 is 40.1 Å². The lowest BCUT2D eigenvalue weighted by molar-refractivity contribution is -0.117. The minimum absolute atomic E-state index is 0.0244. The van der Waals surface area contributed by atoms with Crippen LogP contribution in [-0.4, -0.2) is 54.3 Å². The predicted molar refractivity (Wildman–Crippen MR) is 107 cm³/mol. The molecule has 2 aromatic carbocycles. The second-order valence-electron chi connectivity index (χ2n) is 5.99. The quantitative estimate of drug-likeness (QED) is 0.731. The summed E-state index contributed by atoms with van der Waals surface area (Å²) in [4.78, 5) is 28.6. The van der Waals surface area contributed by atoms with Crippen molar-refractivity contribution in [3.63, 3.8) is 0 Å². The Morgan fingerprint density at radius 2 is 1.56 bits per heavy atom. The van der Waals surface area contributed by atoms with Crippen LogP contribution in [0.5, 0.6) is 0 Å². The molecule has 2 amide bonds. The highest BCUT2D eigenvalue weighted by molar-refractivity contribution is 14.1. The number of anilines is 1. The topological polar surface area (TPSA) is 52.7 Å². The van der Waals surface area contributed by atoms with Gasteiger partial charge in [0.2, 0.25) is 5.91 Å². The first-order valence-corrected chi connectivity index (χ1v) is 9.32. The van der Waals surface area contributed by atoms with Crippen molar-refractivity contribution in [2.24, 2.45) is 0 Å². The van der Waals surface area contributed by atoms with Gasteiger partial charge in [0.1, 0.15) is 0 Å². The predicted octanol–water partition coefficient (Wildman–Crippen LogP) is 2.69. The molecule has 0 bridgehead atoms. The molecule has 25 heavy (non-hydrogen) atoms. The van der Waals surface area contributed by atoms with Crippen molar-refractivity contribution in [2.45, 2.75) is 0 Å². The number of carbonyl (C=O) groups excluding carboxylic acids is 2. The Hall–Kier alpha value is -1.93. The molecule has 1 N–H and O–H groups in total. The molecule has 1 aliphatic rings. The molecular formula is C19H20IN3O2. The Bertz CT molecular complexity index is 726. The normalized spacial score (nSPS) is 15.0. The van der Waals surface area contributed by atoms with Gasteiger partial charge in [-0.25, -0.2) is 0 Å². The van der Waals surface area contributed by atoms with E-state index < -0.39 is 0 Å². The van der Waals surface area contributed by atoms with Crippen LogP contribution in [0.25, 0.3) is 0 Å². The van der Waals surface area contributed by atoms with E-state index >= 15 is 0 Å². The molecule has 1 saturated heterocycles. The summed E-state index contributed by atoms with van der Waals surface area (Å²) in [5.74, 6) is 0.0356. The Morgan fingerprint density at radius 3 is 2.20 bits per heavy atom. The van der Waals surface area contributed by atoms with Gasteiger partial charge >= 0.3 is 0 Å². The maximum Gasteiger partial charge on any atom is 0.253 e. The summed E-state index contributed by atoms with van der Waals surface area (Å²) in [6.45, 7) is 3.05. The smallest absolute Gasteiger partial charge is 0.253 e. The number of para-hydroxylation sites is 1. The van der Waals surface area contributed by atoms with Crippen molar-refractivity contribution < 1.29 is 9.59 Å². The highest BCUT2D eigenvalue weighted by atomic mass is 127. The molecule has 6 heteroatoms. The summed E-state index contributed by atoms with van der Waals surface area (Å²) >= 11 is 2.23. The summed E-state index contributed by atoms with van der Waals surface area (Å²) in [6, 6.07) is 17.1. The summed E-state index contributed by atoms with van der Waals surface area (Å²) < 4.78 is 1.11. The number of amides is 2. The monoisotopic (exact) mass is 449 g/mol.